The topological polar surface area (TPSA) is 71.3 Å². The van der Waals surface area contributed by atoms with Crippen molar-refractivity contribution >= 4 is 45.2 Å². The summed E-state index contributed by atoms with van der Waals surface area (Å²) in [4.78, 5) is 12.5. The monoisotopic (exact) mass is 460 g/mol. The molecule has 0 spiro atoms. The van der Waals surface area contributed by atoms with Gasteiger partial charge in [0.05, 0.1) is 7.11 Å². The van der Waals surface area contributed by atoms with E-state index in [4.69, 9.17) is 21.1 Å². The molecule has 0 radical (unpaired) electrons. The average Bonchev–Trinajstić information content (AvgIpc) is 2.68. The molecule has 0 aromatic heterocycles. The molecule has 144 valence electrons. The summed E-state index contributed by atoms with van der Waals surface area (Å²) in [6, 6.07) is 10.4. The molecule has 0 saturated heterocycles. The summed E-state index contributed by atoms with van der Waals surface area (Å²) in [6.45, 7) is 5.80. The van der Waals surface area contributed by atoms with Crippen molar-refractivity contribution in [3.05, 3.63) is 69.2 Å². The lowest BCUT2D eigenvalue weighted by molar-refractivity contribution is -0.112. The third-order valence-electron chi connectivity index (χ3n) is 3.73. The largest absolute Gasteiger partial charge is 0.493 e. The highest BCUT2D eigenvalue weighted by molar-refractivity contribution is 9.10. The van der Waals surface area contributed by atoms with Gasteiger partial charge in [0.2, 0.25) is 0 Å². The number of benzene rings is 2. The summed E-state index contributed by atoms with van der Waals surface area (Å²) < 4.78 is 11.5. The summed E-state index contributed by atoms with van der Waals surface area (Å²) in [5, 5.41) is 12.6. The minimum atomic E-state index is -0.541. The molecule has 1 amide bonds. The lowest BCUT2D eigenvalue weighted by atomic mass is 10.1. The Bertz CT molecular complexity index is 980. The van der Waals surface area contributed by atoms with Gasteiger partial charge in [0, 0.05) is 15.2 Å². The predicted molar refractivity (Wildman–Crippen MR) is 115 cm³/mol. The van der Waals surface area contributed by atoms with Gasteiger partial charge in [-0.15, -0.1) is 0 Å². The summed E-state index contributed by atoms with van der Waals surface area (Å²) in [5.74, 6) is 0.447. The summed E-state index contributed by atoms with van der Waals surface area (Å²) in [6.07, 6.45) is 3.09. The Morgan fingerprint density at radius 1 is 1.36 bits per heavy atom. The Hall–Kier alpha value is -2.75. The Labute approximate surface area is 177 Å². The molecule has 0 heterocycles. The molecule has 2 rings (SSSR count). The fraction of sp³-hybridized carbons (Fsp3) is 0.143. The van der Waals surface area contributed by atoms with Gasteiger partial charge in [0.25, 0.3) is 5.91 Å². The number of carbonyl (C=O) groups excluding carboxylic acids is 1. The number of nitrogens with one attached hydrogen (secondary N) is 1. The quantitative estimate of drug-likeness (QED) is 0.334. The van der Waals surface area contributed by atoms with Gasteiger partial charge in [-0.2, -0.15) is 5.26 Å². The zero-order chi connectivity index (χ0) is 20.7. The molecule has 0 bridgehead atoms. The Morgan fingerprint density at radius 2 is 2.11 bits per heavy atom. The molecule has 1 N–H and O–H groups in total. The van der Waals surface area contributed by atoms with Crippen LogP contribution in [0.3, 0.4) is 0 Å². The Morgan fingerprint density at radius 3 is 2.71 bits per heavy atom. The van der Waals surface area contributed by atoms with E-state index in [-0.39, 0.29) is 5.57 Å². The van der Waals surface area contributed by atoms with Crippen LogP contribution in [0.25, 0.3) is 6.08 Å². The number of carbonyl (C=O) groups is 1. The minimum Gasteiger partial charge on any atom is -0.493 e. The zero-order valence-corrected chi connectivity index (χ0v) is 17.7. The van der Waals surface area contributed by atoms with Gasteiger partial charge in [0.1, 0.15) is 18.2 Å². The van der Waals surface area contributed by atoms with E-state index in [1.807, 2.05) is 13.0 Å². The van der Waals surface area contributed by atoms with Crippen molar-refractivity contribution in [2.75, 3.05) is 19.0 Å². The number of aryl methyl sites for hydroxylation is 1. The SMILES string of the molecule is C=CCOc1cc(Br)c(/C=C(/C#N)C(=O)Nc2ccc(C)c(Cl)c2)cc1OC. The van der Waals surface area contributed by atoms with Crippen molar-refractivity contribution < 1.29 is 14.3 Å². The molecule has 0 atom stereocenters. The number of ether oxygens (including phenoxy) is 2. The van der Waals surface area contributed by atoms with E-state index >= 15 is 0 Å². The normalized spacial score (nSPS) is 10.8. The van der Waals surface area contributed by atoms with E-state index in [9.17, 15) is 10.1 Å². The van der Waals surface area contributed by atoms with Gasteiger partial charge in [-0.25, -0.2) is 0 Å². The molecule has 2 aromatic carbocycles. The highest BCUT2D eigenvalue weighted by Crippen LogP contribution is 2.34. The van der Waals surface area contributed by atoms with E-state index in [0.717, 1.165) is 5.56 Å². The third kappa shape index (κ3) is 5.38. The zero-order valence-electron chi connectivity index (χ0n) is 15.4. The Kier molecular flexibility index (Phi) is 7.68. The molecule has 0 aliphatic rings. The van der Waals surface area contributed by atoms with E-state index in [2.05, 4.69) is 27.8 Å². The van der Waals surface area contributed by atoms with Gasteiger partial charge in [-0.1, -0.05) is 46.3 Å². The van der Waals surface area contributed by atoms with E-state index in [0.29, 0.717) is 38.9 Å². The summed E-state index contributed by atoms with van der Waals surface area (Å²) >= 11 is 9.51. The highest BCUT2D eigenvalue weighted by atomic mass is 79.9. The third-order valence-corrected chi connectivity index (χ3v) is 4.83. The van der Waals surface area contributed by atoms with Gasteiger partial charge < -0.3 is 14.8 Å². The van der Waals surface area contributed by atoms with Crippen LogP contribution < -0.4 is 14.8 Å². The van der Waals surface area contributed by atoms with Gasteiger partial charge in [-0.3, -0.25) is 4.79 Å². The molecule has 0 aliphatic carbocycles. The lowest BCUT2D eigenvalue weighted by Crippen LogP contribution is -2.13. The standard InChI is InChI=1S/C21H18BrClN2O3/c1-4-7-28-20-11-17(22)14(9-19(20)27-3)8-15(12-24)21(26)25-16-6-5-13(2)18(23)10-16/h4-6,8-11H,1,7H2,2-3H3,(H,25,26)/b15-8-. The van der Waals surface area contributed by atoms with Gasteiger partial charge >= 0.3 is 0 Å². The van der Waals surface area contributed by atoms with Crippen LogP contribution in [0.15, 0.2) is 53.0 Å². The number of methoxy groups -OCH3 is 1. The van der Waals surface area contributed by atoms with Crippen LogP contribution in [0.4, 0.5) is 5.69 Å². The van der Waals surface area contributed by atoms with Crippen LogP contribution in [0.1, 0.15) is 11.1 Å². The van der Waals surface area contributed by atoms with E-state index in [1.54, 1.807) is 36.4 Å². The number of amides is 1. The van der Waals surface area contributed by atoms with E-state index in [1.165, 1.54) is 13.2 Å². The smallest absolute Gasteiger partial charge is 0.266 e. The van der Waals surface area contributed by atoms with Crippen LogP contribution in [0.5, 0.6) is 11.5 Å². The molecule has 0 aliphatic heterocycles. The van der Waals surface area contributed by atoms with Crippen molar-refractivity contribution in [2.45, 2.75) is 6.92 Å². The number of halogens is 2. The summed E-state index contributed by atoms with van der Waals surface area (Å²) in [5.41, 5.74) is 1.92. The van der Waals surface area contributed by atoms with Gasteiger partial charge in [-0.05, 0) is 48.4 Å². The van der Waals surface area contributed by atoms with Crippen molar-refractivity contribution in [1.82, 2.24) is 0 Å². The second kappa shape index (κ2) is 9.98. The molecule has 7 heteroatoms. The lowest BCUT2D eigenvalue weighted by Gasteiger charge is -2.12. The molecule has 0 unspecified atom stereocenters. The second-order valence-corrected chi connectivity index (χ2v) is 6.97. The van der Waals surface area contributed by atoms with Crippen molar-refractivity contribution in [3.63, 3.8) is 0 Å². The number of anilines is 1. The molecule has 0 fully saturated rings. The van der Waals surface area contributed by atoms with Crippen LogP contribution in [0.2, 0.25) is 5.02 Å². The number of hydrogen-bond acceptors (Lipinski definition) is 4. The number of hydrogen-bond donors (Lipinski definition) is 1. The number of nitrogens with zero attached hydrogens (tertiary/aromatic N) is 1. The molecular weight excluding hydrogens is 444 g/mol. The minimum absolute atomic E-state index is 0.0702. The molecule has 2 aromatic rings. The first-order chi connectivity index (χ1) is 13.4. The maximum Gasteiger partial charge on any atom is 0.266 e. The molecule has 0 saturated carbocycles. The van der Waals surface area contributed by atoms with Crippen LogP contribution in [-0.4, -0.2) is 19.6 Å². The first-order valence-corrected chi connectivity index (χ1v) is 9.37. The molecule has 5 nitrogen and oxygen atoms in total. The van der Waals surface area contributed by atoms with Crippen molar-refractivity contribution in [1.29, 1.82) is 5.26 Å². The van der Waals surface area contributed by atoms with Crippen molar-refractivity contribution in [3.8, 4) is 17.6 Å². The highest BCUT2D eigenvalue weighted by Gasteiger charge is 2.14. The molecular formula is C21H18BrClN2O3. The van der Waals surface area contributed by atoms with Crippen LogP contribution in [-0.2, 0) is 4.79 Å². The van der Waals surface area contributed by atoms with E-state index < -0.39 is 5.91 Å². The second-order valence-electron chi connectivity index (χ2n) is 5.71. The maximum atomic E-state index is 12.5. The van der Waals surface area contributed by atoms with Gasteiger partial charge in [0.15, 0.2) is 11.5 Å². The summed E-state index contributed by atoms with van der Waals surface area (Å²) in [7, 11) is 1.51. The fourth-order valence-electron chi connectivity index (χ4n) is 2.26. The maximum absolute atomic E-state index is 12.5. The van der Waals surface area contributed by atoms with Crippen LogP contribution in [0, 0.1) is 18.3 Å². The first kappa shape index (κ1) is 21.5. The number of rotatable bonds is 7. The van der Waals surface area contributed by atoms with Crippen molar-refractivity contribution in [2.24, 2.45) is 0 Å². The average molecular weight is 462 g/mol. The predicted octanol–water partition coefficient (Wildman–Crippen LogP) is 5.53. The molecule has 28 heavy (non-hydrogen) atoms. The first-order valence-electron chi connectivity index (χ1n) is 8.20. The van der Waals surface area contributed by atoms with Crippen LogP contribution >= 0.6 is 27.5 Å². The fourth-order valence-corrected chi connectivity index (χ4v) is 2.87. The Balaban J connectivity index is 2.32. The number of nitriles is 1.